The number of unbranched alkanes of at least 4 members (excludes halogenated alkanes) is 1. The van der Waals surface area contributed by atoms with Gasteiger partial charge in [0.05, 0.1) is 0 Å². The van der Waals surface area contributed by atoms with E-state index >= 15 is 0 Å². The molecule has 1 N–H and O–H groups in total. The number of aliphatic hydroxyl groups is 1. The lowest BCUT2D eigenvalue weighted by molar-refractivity contribution is 0.136. The van der Waals surface area contributed by atoms with E-state index in [0.717, 1.165) is 24.7 Å². The normalized spacial score (nSPS) is 30.7. The van der Waals surface area contributed by atoms with Crippen molar-refractivity contribution in [2.75, 3.05) is 26.2 Å². The molecule has 1 aliphatic heterocycles. The van der Waals surface area contributed by atoms with Gasteiger partial charge >= 0.3 is 0 Å². The number of likely N-dealkylation sites (tertiary alicyclic amines) is 1. The summed E-state index contributed by atoms with van der Waals surface area (Å²) in [4.78, 5) is 2.55. The number of rotatable bonds is 4. The van der Waals surface area contributed by atoms with Crippen molar-refractivity contribution in [3.05, 3.63) is 0 Å². The number of hydrogen-bond donors (Lipinski definition) is 1. The molecule has 0 aromatic carbocycles. The fourth-order valence-corrected chi connectivity index (χ4v) is 2.42. The van der Waals surface area contributed by atoms with Crippen molar-refractivity contribution in [2.45, 2.75) is 33.1 Å². The first-order chi connectivity index (χ1) is 6.22. The van der Waals surface area contributed by atoms with Crippen molar-refractivity contribution in [2.24, 2.45) is 11.8 Å². The Morgan fingerprint density at radius 2 is 1.77 bits per heavy atom. The third-order valence-electron chi connectivity index (χ3n) is 2.83. The fourth-order valence-electron chi connectivity index (χ4n) is 2.42. The second-order valence-electron chi connectivity index (χ2n) is 4.64. The first-order valence-corrected chi connectivity index (χ1v) is 5.55. The van der Waals surface area contributed by atoms with E-state index in [1.165, 1.54) is 26.1 Å². The molecule has 0 saturated carbocycles. The lowest BCUT2D eigenvalue weighted by atomic mass is 9.92. The monoisotopic (exact) mass is 185 g/mol. The van der Waals surface area contributed by atoms with Crippen molar-refractivity contribution in [1.82, 2.24) is 4.90 Å². The average Bonchev–Trinajstić information content (AvgIpc) is 2.03. The molecule has 0 aliphatic carbocycles. The quantitative estimate of drug-likeness (QED) is 0.674. The molecule has 1 saturated heterocycles. The third kappa shape index (κ3) is 4.10. The minimum atomic E-state index is 0.346. The van der Waals surface area contributed by atoms with E-state index in [1.54, 1.807) is 0 Å². The van der Waals surface area contributed by atoms with Gasteiger partial charge in [-0.15, -0.1) is 0 Å². The van der Waals surface area contributed by atoms with Gasteiger partial charge in [0.1, 0.15) is 0 Å². The summed E-state index contributed by atoms with van der Waals surface area (Å²) in [6.45, 7) is 8.73. The van der Waals surface area contributed by atoms with Crippen molar-refractivity contribution in [1.29, 1.82) is 0 Å². The van der Waals surface area contributed by atoms with Crippen LogP contribution in [0.2, 0.25) is 0 Å². The van der Waals surface area contributed by atoms with Gasteiger partial charge in [0.25, 0.3) is 0 Å². The first-order valence-electron chi connectivity index (χ1n) is 5.55. The van der Waals surface area contributed by atoms with Gasteiger partial charge in [-0.25, -0.2) is 0 Å². The molecule has 2 nitrogen and oxygen atoms in total. The van der Waals surface area contributed by atoms with Gasteiger partial charge in [-0.2, -0.15) is 0 Å². The van der Waals surface area contributed by atoms with Crippen molar-refractivity contribution in [3.8, 4) is 0 Å². The molecule has 1 aliphatic rings. The van der Waals surface area contributed by atoms with Crippen molar-refractivity contribution < 1.29 is 5.11 Å². The highest BCUT2D eigenvalue weighted by Gasteiger charge is 2.20. The zero-order valence-electron chi connectivity index (χ0n) is 9.00. The van der Waals surface area contributed by atoms with E-state index in [9.17, 15) is 0 Å². The second kappa shape index (κ2) is 5.61. The summed E-state index contributed by atoms with van der Waals surface area (Å²) in [5, 5.41) is 8.68. The Bertz CT molecular complexity index is 128. The van der Waals surface area contributed by atoms with Crippen LogP contribution in [0.5, 0.6) is 0 Å². The van der Waals surface area contributed by atoms with E-state index in [2.05, 4.69) is 18.7 Å². The van der Waals surface area contributed by atoms with Crippen LogP contribution in [0.1, 0.15) is 33.1 Å². The minimum absolute atomic E-state index is 0.346. The summed E-state index contributed by atoms with van der Waals surface area (Å²) >= 11 is 0. The fraction of sp³-hybridized carbons (Fsp3) is 1.00. The molecular formula is C11H23NO. The van der Waals surface area contributed by atoms with Crippen LogP contribution in [0.3, 0.4) is 0 Å². The molecule has 2 atom stereocenters. The molecular weight excluding hydrogens is 162 g/mol. The standard InChI is InChI=1S/C11H23NO/c1-10-7-11(2)9-12(8-10)5-3-4-6-13/h10-11,13H,3-9H2,1-2H3/t10-,11-/m1/s1. The second-order valence-corrected chi connectivity index (χ2v) is 4.64. The summed E-state index contributed by atoms with van der Waals surface area (Å²) in [6.07, 6.45) is 3.49. The highest BCUT2D eigenvalue weighted by atomic mass is 16.2. The molecule has 1 heterocycles. The zero-order chi connectivity index (χ0) is 9.68. The van der Waals surface area contributed by atoms with Gasteiger partial charge in [-0.1, -0.05) is 13.8 Å². The minimum Gasteiger partial charge on any atom is -0.396 e. The lowest BCUT2D eigenvalue weighted by Crippen LogP contribution is -2.39. The van der Waals surface area contributed by atoms with Crippen molar-refractivity contribution >= 4 is 0 Å². The van der Waals surface area contributed by atoms with Crippen LogP contribution in [-0.4, -0.2) is 36.2 Å². The Morgan fingerprint density at radius 1 is 1.15 bits per heavy atom. The van der Waals surface area contributed by atoms with Crippen LogP contribution >= 0.6 is 0 Å². The molecule has 2 heteroatoms. The Kier molecular flexibility index (Phi) is 4.74. The van der Waals surface area contributed by atoms with Gasteiger partial charge in [0.15, 0.2) is 0 Å². The van der Waals surface area contributed by atoms with Crippen LogP contribution in [0.25, 0.3) is 0 Å². The van der Waals surface area contributed by atoms with Crippen LogP contribution in [0.15, 0.2) is 0 Å². The third-order valence-corrected chi connectivity index (χ3v) is 2.83. The molecule has 0 bridgehead atoms. The molecule has 13 heavy (non-hydrogen) atoms. The maximum Gasteiger partial charge on any atom is 0.0431 e. The topological polar surface area (TPSA) is 23.5 Å². The van der Waals surface area contributed by atoms with Gasteiger partial charge in [-0.3, -0.25) is 0 Å². The maximum absolute atomic E-state index is 8.68. The number of aliphatic hydroxyl groups excluding tert-OH is 1. The van der Waals surface area contributed by atoms with E-state index in [0.29, 0.717) is 6.61 Å². The number of piperidine rings is 1. The first kappa shape index (κ1) is 11.0. The highest BCUT2D eigenvalue weighted by Crippen LogP contribution is 2.20. The molecule has 0 unspecified atom stereocenters. The molecule has 0 radical (unpaired) electrons. The predicted octanol–water partition coefficient (Wildman–Crippen LogP) is 1.74. The molecule has 1 rings (SSSR count). The van der Waals surface area contributed by atoms with Gasteiger partial charge in [-0.05, 0) is 37.6 Å². The van der Waals surface area contributed by atoms with Gasteiger partial charge < -0.3 is 10.0 Å². The van der Waals surface area contributed by atoms with Gasteiger partial charge in [0.2, 0.25) is 0 Å². The van der Waals surface area contributed by atoms with Crippen LogP contribution in [-0.2, 0) is 0 Å². The summed E-state index contributed by atoms with van der Waals surface area (Å²) in [7, 11) is 0. The number of hydrogen-bond acceptors (Lipinski definition) is 2. The summed E-state index contributed by atoms with van der Waals surface area (Å²) in [5.74, 6) is 1.72. The Morgan fingerprint density at radius 3 is 2.31 bits per heavy atom. The van der Waals surface area contributed by atoms with Crippen LogP contribution < -0.4 is 0 Å². The smallest absolute Gasteiger partial charge is 0.0431 e. The highest BCUT2D eigenvalue weighted by molar-refractivity contribution is 4.74. The summed E-state index contributed by atoms with van der Waals surface area (Å²) in [6, 6.07) is 0. The zero-order valence-corrected chi connectivity index (χ0v) is 9.00. The average molecular weight is 185 g/mol. The van der Waals surface area contributed by atoms with E-state index in [1.807, 2.05) is 0 Å². The Hall–Kier alpha value is -0.0800. The molecule has 1 fully saturated rings. The Balaban J connectivity index is 2.17. The SMILES string of the molecule is C[C@@H]1C[C@@H](C)CN(CCCCO)C1. The molecule has 78 valence electrons. The molecule has 0 aromatic rings. The van der Waals surface area contributed by atoms with Crippen molar-refractivity contribution in [3.63, 3.8) is 0 Å². The summed E-state index contributed by atoms with van der Waals surface area (Å²) < 4.78 is 0. The maximum atomic E-state index is 8.68. The predicted molar refractivity (Wildman–Crippen MR) is 55.7 cm³/mol. The number of nitrogens with zero attached hydrogens (tertiary/aromatic N) is 1. The van der Waals surface area contributed by atoms with Gasteiger partial charge in [0, 0.05) is 19.7 Å². The van der Waals surface area contributed by atoms with E-state index in [4.69, 9.17) is 5.11 Å². The lowest BCUT2D eigenvalue weighted by Gasteiger charge is -2.34. The van der Waals surface area contributed by atoms with E-state index in [-0.39, 0.29) is 0 Å². The largest absolute Gasteiger partial charge is 0.396 e. The van der Waals surface area contributed by atoms with E-state index < -0.39 is 0 Å². The van der Waals surface area contributed by atoms with Crippen LogP contribution in [0.4, 0.5) is 0 Å². The van der Waals surface area contributed by atoms with Crippen LogP contribution in [0, 0.1) is 11.8 Å². The molecule has 0 aromatic heterocycles. The molecule has 0 amide bonds. The summed E-state index contributed by atoms with van der Waals surface area (Å²) in [5.41, 5.74) is 0. The molecule has 0 spiro atoms. The Labute approximate surface area is 81.9 Å².